The summed E-state index contributed by atoms with van der Waals surface area (Å²) < 4.78 is 1.07. The number of hydrogen-bond donors (Lipinski definition) is 1. The highest BCUT2D eigenvalue weighted by molar-refractivity contribution is 4.81. The predicted molar refractivity (Wildman–Crippen MR) is 187 cm³/mol. The largest absolute Gasteiger partial charge is 1.00 e. The predicted octanol–water partition coefficient (Wildman–Crippen LogP) is 9.73. The van der Waals surface area contributed by atoms with Gasteiger partial charge in [-0.15, -0.1) is 0 Å². The van der Waals surface area contributed by atoms with E-state index >= 15 is 0 Å². The van der Waals surface area contributed by atoms with Crippen LogP contribution < -0.4 is 12.4 Å². The molecule has 0 aliphatic heterocycles. The molecular weight excluding hydrogens is 534 g/mol. The normalized spacial score (nSPS) is 13.8. The Morgan fingerprint density at radius 3 is 1.19 bits per heavy atom. The molecule has 0 aromatic heterocycles. The van der Waals surface area contributed by atoms with Gasteiger partial charge < -0.3 is 22.0 Å². The third-order valence-corrected chi connectivity index (χ3v) is 9.83. The Bertz CT molecular complexity index is 525. The molecular formula is C39H80ClNO. The maximum absolute atomic E-state index is 9.76. The third-order valence-electron chi connectivity index (χ3n) is 9.83. The van der Waals surface area contributed by atoms with Crippen molar-refractivity contribution in [2.75, 3.05) is 26.7 Å². The van der Waals surface area contributed by atoms with E-state index in [1.165, 1.54) is 193 Å². The van der Waals surface area contributed by atoms with Crippen molar-refractivity contribution < 1.29 is 22.0 Å². The Morgan fingerprint density at radius 2 is 0.810 bits per heavy atom. The molecule has 2 atom stereocenters. The van der Waals surface area contributed by atoms with Crippen molar-refractivity contribution in [2.45, 2.75) is 213 Å². The quantitative estimate of drug-likeness (QED) is 0.0435. The molecule has 0 spiro atoms. The standard InChI is InChI=1S/C39H80NO.ClH/c1-5-7-9-11-13-15-17-19-21-22-24-26-28-30-32-34-36-40(4,37-38-41)39(3)35-33-31-29-27-25-23-20-18-16-14-12-10-8-6-2;/h19,21,39,41H,5-18,20,22-38H2,1-4H3;1H/q+1;/p-1/b21-19-;. The number of quaternary nitrogens is 1. The van der Waals surface area contributed by atoms with Crippen LogP contribution in [0.25, 0.3) is 0 Å². The Labute approximate surface area is 273 Å². The van der Waals surface area contributed by atoms with Gasteiger partial charge in [-0.3, -0.25) is 0 Å². The van der Waals surface area contributed by atoms with Crippen molar-refractivity contribution >= 4 is 0 Å². The van der Waals surface area contributed by atoms with Gasteiger partial charge in [-0.2, -0.15) is 0 Å². The first kappa shape index (κ1) is 44.1. The van der Waals surface area contributed by atoms with Gasteiger partial charge in [0.2, 0.25) is 0 Å². The molecule has 0 bridgehead atoms. The van der Waals surface area contributed by atoms with Gasteiger partial charge in [0.1, 0.15) is 6.54 Å². The van der Waals surface area contributed by atoms with Gasteiger partial charge >= 0.3 is 0 Å². The van der Waals surface area contributed by atoms with Crippen LogP contribution in [0.3, 0.4) is 0 Å². The number of hydrogen-bond acceptors (Lipinski definition) is 1. The molecule has 0 saturated heterocycles. The summed E-state index contributed by atoms with van der Waals surface area (Å²) in [6.07, 6.45) is 45.4. The van der Waals surface area contributed by atoms with Crippen molar-refractivity contribution in [1.29, 1.82) is 0 Å². The number of aliphatic hydroxyl groups excluding tert-OH is 1. The zero-order chi connectivity index (χ0) is 30.1. The van der Waals surface area contributed by atoms with E-state index in [-0.39, 0.29) is 12.4 Å². The highest BCUT2D eigenvalue weighted by Crippen LogP contribution is 2.20. The van der Waals surface area contributed by atoms with Crippen LogP contribution in [0.15, 0.2) is 12.2 Å². The van der Waals surface area contributed by atoms with Crippen LogP contribution in [0.2, 0.25) is 0 Å². The summed E-state index contributed by atoms with van der Waals surface area (Å²) in [5.74, 6) is 0. The number of allylic oxidation sites excluding steroid dienone is 2. The lowest BCUT2D eigenvalue weighted by Gasteiger charge is -2.40. The molecule has 42 heavy (non-hydrogen) atoms. The Balaban J connectivity index is 0. The SMILES string of the molecule is CCCCCCCC/C=C\CCCCCCCC[N+](C)(CCO)C(C)CCCCCCCCCCCCCCCC.[Cl-]. The van der Waals surface area contributed by atoms with E-state index in [1.54, 1.807) is 0 Å². The summed E-state index contributed by atoms with van der Waals surface area (Å²) in [5.41, 5.74) is 0. The van der Waals surface area contributed by atoms with Crippen LogP contribution in [-0.2, 0) is 0 Å². The minimum Gasteiger partial charge on any atom is -1.00 e. The van der Waals surface area contributed by atoms with E-state index in [2.05, 4.69) is 40.0 Å². The average molecular weight is 615 g/mol. The monoisotopic (exact) mass is 614 g/mol. The molecule has 0 aromatic carbocycles. The third kappa shape index (κ3) is 30.0. The summed E-state index contributed by atoms with van der Waals surface area (Å²) in [5, 5.41) is 9.76. The average Bonchev–Trinajstić information content (AvgIpc) is 2.97. The lowest BCUT2D eigenvalue weighted by atomic mass is 10.0. The molecule has 2 nitrogen and oxygen atoms in total. The van der Waals surface area contributed by atoms with E-state index in [9.17, 15) is 5.11 Å². The van der Waals surface area contributed by atoms with Crippen LogP contribution in [-0.4, -0.2) is 42.4 Å². The first-order chi connectivity index (χ1) is 20.1. The number of halogens is 1. The molecule has 0 aliphatic rings. The smallest absolute Gasteiger partial charge is 0.102 e. The second kappa shape index (κ2) is 35.4. The maximum Gasteiger partial charge on any atom is 0.102 e. The van der Waals surface area contributed by atoms with Crippen molar-refractivity contribution in [2.24, 2.45) is 0 Å². The van der Waals surface area contributed by atoms with E-state index in [4.69, 9.17) is 0 Å². The maximum atomic E-state index is 9.76. The molecule has 0 heterocycles. The van der Waals surface area contributed by atoms with E-state index in [1.807, 2.05) is 0 Å². The lowest BCUT2D eigenvalue weighted by Crippen LogP contribution is -3.00. The second-order valence-corrected chi connectivity index (χ2v) is 13.8. The van der Waals surface area contributed by atoms with Crippen molar-refractivity contribution in [1.82, 2.24) is 0 Å². The van der Waals surface area contributed by atoms with Crippen LogP contribution >= 0.6 is 0 Å². The first-order valence-corrected chi connectivity index (χ1v) is 19.2. The Morgan fingerprint density at radius 1 is 0.476 bits per heavy atom. The summed E-state index contributed by atoms with van der Waals surface area (Å²) in [6.45, 7) is 9.52. The van der Waals surface area contributed by atoms with Gasteiger partial charge in [-0.1, -0.05) is 161 Å². The highest BCUT2D eigenvalue weighted by atomic mass is 35.5. The highest BCUT2D eigenvalue weighted by Gasteiger charge is 2.27. The molecule has 0 saturated carbocycles. The van der Waals surface area contributed by atoms with Gasteiger partial charge in [0.15, 0.2) is 0 Å². The number of nitrogens with zero attached hydrogens (tertiary/aromatic N) is 1. The zero-order valence-electron chi connectivity index (χ0n) is 29.6. The van der Waals surface area contributed by atoms with E-state index in [0.29, 0.717) is 12.6 Å². The van der Waals surface area contributed by atoms with Crippen molar-refractivity contribution in [3.8, 4) is 0 Å². The molecule has 0 radical (unpaired) electrons. The molecule has 0 rings (SSSR count). The minimum absolute atomic E-state index is 0. The van der Waals surface area contributed by atoms with Gasteiger partial charge in [0, 0.05) is 0 Å². The summed E-state index contributed by atoms with van der Waals surface area (Å²) >= 11 is 0. The molecule has 0 aliphatic carbocycles. The van der Waals surface area contributed by atoms with Gasteiger partial charge in [-0.25, -0.2) is 0 Å². The summed E-state index contributed by atoms with van der Waals surface area (Å²) in [7, 11) is 2.40. The zero-order valence-corrected chi connectivity index (χ0v) is 30.4. The fraction of sp³-hybridized carbons (Fsp3) is 0.949. The second-order valence-electron chi connectivity index (χ2n) is 13.8. The van der Waals surface area contributed by atoms with Gasteiger partial charge in [0.05, 0.1) is 26.2 Å². The van der Waals surface area contributed by atoms with Gasteiger partial charge in [0.25, 0.3) is 0 Å². The Hall–Kier alpha value is -0.0500. The fourth-order valence-corrected chi connectivity index (χ4v) is 6.45. The van der Waals surface area contributed by atoms with Crippen molar-refractivity contribution in [3.63, 3.8) is 0 Å². The van der Waals surface area contributed by atoms with Crippen LogP contribution in [0.1, 0.15) is 207 Å². The molecule has 0 fully saturated rings. The minimum atomic E-state index is 0. The van der Waals surface area contributed by atoms with Gasteiger partial charge in [-0.05, 0) is 58.3 Å². The van der Waals surface area contributed by atoms with Crippen LogP contribution in [0.5, 0.6) is 0 Å². The molecule has 2 unspecified atom stereocenters. The molecule has 3 heteroatoms. The number of aliphatic hydroxyl groups is 1. The number of unbranched alkanes of at least 4 members (excludes halogenated alkanes) is 25. The summed E-state index contributed by atoms with van der Waals surface area (Å²) in [4.78, 5) is 0. The van der Waals surface area contributed by atoms with Crippen LogP contribution in [0.4, 0.5) is 0 Å². The Kier molecular flexibility index (Phi) is 37.2. The fourth-order valence-electron chi connectivity index (χ4n) is 6.45. The molecule has 0 amide bonds. The van der Waals surface area contributed by atoms with Crippen LogP contribution in [0, 0.1) is 0 Å². The molecule has 0 aromatic rings. The number of likely N-dealkylation sites (N-methyl/N-ethyl adjacent to an activating group) is 1. The summed E-state index contributed by atoms with van der Waals surface area (Å²) in [6, 6.07) is 0.669. The van der Waals surface area contributed by atoms with E-state index < -0.39 is 0 Å². The number of rotatable bonds is 34. The topological polar surface area (TPSA) is 20.2 Å². The lowest BCUT2D eigenvalue weighted by molar-refractivity contribution is -0.932. The van der Waals surface area contributed by atoms with E-state index in [0.717, 1.165) is 11.0 Å². The van der Waals surface area contributed by atoms with Crippen molar-refractivity contribution in [3.05, 3.63) is 12.2 Å². The molecule has 254 valence electrons. The first-order valence-electron chi connectivity index (χ1n) is 19.2. The molecule has 1 N–H and O–H groups in total.